The molecule has 0 spiro atoms. The highest BCUT2D eigenvalue weighted by atomic mass is 16.4. The zero-order valence-electron chi connectivity index (χ0n) is 12.5. The summed E-state index contributed by atoms with van der Waals surface area (Å²) in [5.74, 6) is -1.06. The summed E-state index contributed by atoms with van der Waals surface area (Å²) in [4.78, 5) is 26.7. The van der Waals surface area contributed by atoms with Crippen LogP contribution in [0, 0.1) is 0 Å². The van der Waals surface area contributed by atoms with Crippen LogP contribution in [0.1, 0.15) is 20.8 Å². The minimum absolute atomic E-state index is 0.0576. The Hall–Kier alpha value is -1.88. The van der Waals surface area contributed by atoms with Crippen LogP contribution in [0.3, 0.4) is 0 Å². The predicted octanol–water partition coefficient (Wildman–Crippen LogP) is 1.83. The van der Waals surface area contributed by atoms with Crippen molar-refractivity contribution in [1.82, 2.24) is 4.90 Å². The molecule has 0 aliphatic carbocycles. The van der Waals surface area contributed by atoms with E-state index in [0.717, 1.165) is 5.69 Å². The summed E-state index contributed by atoms with van der Waals surface area (Å²) in [6.45, 7) is 5.67. The highest BCUT2D eigenvalue weighted by molar-refractivity contribution is 5.95. The minimum atomic E-state index is -1.08. The smallest absolute Gasteiger partial charge is 0.323 e. The Morgan fingerprint density at radius 2 is 1.75 bits per heavy atom. The fourth-order valence-electron chi connectivity index (χ4n) is 1.76. The summed E-state index contributed by atoms with van der Waals surface area (Å²) in [6, 6.07) is 9.36. The number of carbonyl (C=O) groups excluding carboxylic acids is 1. The van der Waals surface area contributed by atoms with Gasteiger partial charge in [0.05, 0.1) is 6.54 Å². The van der Waals surface area contributed by atoms with Gasteiger partial charge in [0.1, 0.15) is 5.54 Å². The van der Waals surface area contributed by atoms with Gasteiger partial charge in [-0.25, -0.2) is 0 Å². The van der Waals surface area contributed by atoms with E-state index >= 15 is 0 Å². The van der Waals surface area contributed by atoms with Crippen molar-refractivity contribution in [2.75, 3.05) is 25.0 Å². The number of anilines is 1. The molecule has 1 rings (SSSR count). The van der Waals surface area contributed by atoms with Gasteiger partial charge in [0.2, 0.25) is 5.91 Å². The van der Waals surface area contributed by atoms with Gasteiger partial charge >= 0.3 is 5.97 Å². The summed E-state index contributed by atoms with van der Waals surface area (Å²) in [5.41, 5.74) is -0.257. The van der Waals surface area contributed by atoms with Crippen molar-refractivity contribution in [3.63, 3.8) is 0 Å². The lowest BCUT2D eigenvalue weighted by Crippen LogP contribution is -2.52. The second kappa shape index (κ2) is 6.52. The van der Waals surface area contributed by atoms with E-state index < -0.39 is 11.5 Å². The van der Waals surface area contributed by atoms with Crippen LogP contribution in [-0.2, 0) is 9.59 Å². The molecule has 0 aliphatic rings. The third kappa shape index (κ3) is 3.57. The summed E-state index contributed by atoms with van der Waals surface area (Å²) in [7, 11) is 1.64. The number of benzene rings is 1. The number of carboxylic acids is 1. The van der Waals surface area contributed by atoms with Gasteiger partial charge in [-0.3, -0.25) is 14.5 Å². The first-order valence-electron chi connectivity index (χ1n) is 6.60. The molecule has 0 radical (unpaired) electrons. The molecule has 0 saturated carbocycles. The molecule has 0 saturated heterocycles. The molecule has 5 heteroatoms. The number of hydrogen-bond acceptors (Lipinski definition) is 3. The van der Waals surface area contributed by atoms with E-state index in [4.69, 9.17) is 0 Å². The van der Waals surface area contributed by atoms with Gasteiger partial charge in [-0.15, -0.1) is 0 Å². The van der Waals surface area contributed by atoms with Crippen LogP contribution in [0.2, 0.25) is 0 Å². The molecule has 20 heavy (non-hydrogen) atoms. The normalized spacial score (nSPS) is 11.4. The summed E-state index contributed by atoms with van der Waals surface area (Å²) < 4.78 is 0. The van der Waals surface area contributed by atoms with Crippen molar-refractivity contribution in [1.29, 1.82) is 0 Å². The number of carbonyl (C=O) groups is 2. The van der Waals surface area contributed by atoms with E-state index in [0.29, 0.717) is 6.54 Å². The molecule has 0 bridgehead atoms. The fourth-order valence-corrected chi connectivity index (χ4v) is 1.76. The first-order valence-corrected chi connectivity index (χ1v) is 6.60. The van der Waals surface area contributed by atoms with Crippen molar-refractivity contribution >= 4 is 17.6 Å². The molecule has 0 heterocycles. The maximum Gasteiger partial charge on any atom is 0.323 e. The SMILES string of the molecule is CCN(C(=O)CN(C)C(C)(C)C(=O)O)c1ccccc1. The van der Waals surface area contributed by atoms with Crippen molar-refractivity contribution in [3.05, 3.63) is 30.3 Å². The number of likely N-dealkylation sites (N-methyl/N-ethyl adjacent to an activating group) is 2. The van der Waals surface area contributed by atoms with E-state index in [9.17, 15) is 14.7 Å². The van der Waals surface area contributed by atoms with E-state index in [-0.39, 0.29) is 12.5 Å². The Morgan fingerprint density at radius 1 is 1.20 bits per heavy atom. The van der Waals surface area contributed by atoms with Crippen LogP contribution >= 0.6 is 0 Å². The standard InChI is InChI=1S/C15H22N2O3/c1-5-17(12-9-7-6-8-10-12)13(18)11-16(4)15(2,3)14(19)20/h6-10H,5,11H2,1-4H3,(H,19,20). The van der Waals surface area contributed by atoms with Crippen LogP contribution in [0.25, 0.3) is 0 Å². The molecular weight excluding hydrogens is 256 g/mol. The molecule has 0 aliphatic heterocycles. The largest absolute Gasteiger partial charge is 0.480 e. The third-order valence-electron chi connectivity index (χ3n) is 3.54. The van der Waals surface area contributed by atoms with Crippen LogP contribution in [-0.4, -0.2) is 47.6 Å². The molecule has 0 fully saturated rings. The van der Waals surface area contributed by atoms with Crippen LogP contribution in [0.15, 0.2) is 30.3 Å². The number of hydrogen-bond donors (Lipinski definition) is 1. The Kier molecular flexibility index (Phi) is 5.27. The Balaban J connectivity index is 2.82. The van der Waals surface area contributed by atoms with Gasteiger partial charge in [-0.2, -0.15) is 0 Å². The molecule has 5 nitrogen and oxygen atoms in total. The maximum absolute atomic E-state index is 12.3. The van der Waals surface area contributed by atoms with Crippen LogP contribution in [0.4, 0.5) is 5.69 Å². The molecular formula is C15H22N2O3. The number of aliphatic carboxylic acids is 1. The lowest BCUT2D eigenvalue weighted by atomic mass is 10.0. The van der Waals surface area contributed by atoms with Crippen molar-refractivity contribution in [2.24, 2.45) is 0 Å². The van der Waals surface area contributed by atoms with Gasteiger partial charge < -0.3 is 10.0 Å². The summed E-state index contributed by atoms with van der Waals surface area (Å²) >= 11 is 0. The molecule has 0 atom stereocenters. The number of rotatable bonds is 6. The molecule has 1 aromatic rings. The third-order valence-corrected chi connectivity index (χ3v) is 3.54. The zero-order chi connectivity index (χ0) is 15.3. The Labute approximate surface area is 119 Å². The quantitative estimate of drug-likeness (QED) is 0.862. The van der Waals surface area contributed by atoms with E-state index in [1.54, 1.807) is 30.7 Å². The van der Waals surface area contributed by atoms with E-state index in [2.05, 4.69) is 0 Å². The van der Waals surface area contributed by atoms with Gasteiger partial charge in [-0.05, 0) is 40.0 Å². The van der Waals surface area contributed by atoms with Gasteiger partial charge in [0, 0.05) is 12.2 Å². The molecule has 0 aromatic heterocycles. The number of carboxylic acid groups (broad SMARTS) is 1. The van der Waals surface area contributed by atoms with Crippen molar-refractivity contribution < 1.29 is 14.7 Å². The lowest BCUT2D eigenvalue weighted by Gasteiger charge is -2.32. The van der Waals surface area contributed by atoms with Crippen LogP contribution < -0.4 is 4.90 Å². The second-order valence-corrected chi connectivity index (χ2v) is 5.19. The number of nitrogens with zero attached hydrogens (tertiary/aromatic N) is 2. The average Bonchev–Trinajstić information content (AvgIpc) is 2.40. The first kappa shape index (κ1) is 16.2. The van der Waals surface area contributed by atoms with Gasteiger partial charge in [0.25, 0.3) is 0 Å². The summed E-state index contributed by atoms with van der Waals surface area (Å²) in [6.07, 6.45) is 0. The Bertz CT molecular complexity index is 471. The predicted molar refractivity (Wildman–Crippen MR) is 78.8 cm³/mol. The van der Waals surface area contributed by atoms with Crippen molar-refractivity contribution in [3.8, 4) is 0 Å². The maximum atomic E-state index is 12.3. The van der Waals surface area contributed by atoms with Gasteiger partial charge in [-0.1, -0.05) is 18.2 Å². The van der Waals surface area contributed by atoms with E-state index in [1.165, 1.54) is 0 Å². The average molecular weight is 278 g/mol. The highest BCUT2D eigenvalue weighted by Crippen LogP contribution is 2.16. The monoisotopic (exact) mass is 278 g/mol. The van der Waals surface area contributed by atoms with Crippen LogP contribution in [0.5, 0.6) is 0 Å². The molecule has 1 amide bonds. The molecule has 110 valence electrons. The first-order chi connectivity index (χ1) is 9.30. The molecule has 1 N–H and O–H groups in total. The van der Waals surface area contributed by atoms with E-state index in [1.807, 2.05) is 37.3 Å². The van der Waals surface area contributed by atoms with Gasteiger partial charge in [0.15, 0.2) is 0 Å². The highest BCUT2D eigenvalue weighted by Gasteiger charge is 2.33. The fraction of sp³-hybridized carbons (Fsp3) is 0.467. The zero-order valence-corrected chi connectivity index (χ0v) is 12.5. The number of amides is 1. The topological polar surface area (TPSA) is 60.9 Å². The summed E-state index contributed by atoms with van der Waals surface area (Å²) in [5, 5.41) is 9.17. The molecule has 0 unspecified atom stereocenters. The minimum Gasteiger partial charge on any atom is -0.480 e. The number of para-hydroxylation sites is 1. The molecule has 1 aromatic carbocycles. The van der Waals surface area contributed by atoms with Crippen molar-refractivity contribution in [2.45, 2.75) is 26.3 Å². The Morgan fingerprint density at radius 3 is 2.20 bits per heavy atom. The lowest BCUT2D eigenvalue weighted by molar-refractivity contribution is -0.149. The second-order valence-electron chi connectivity index (χ2n) is 5.19.